The molecule has 0 aliphatic heterocycles. The van der Waals surface area contributed by atoms with E-state index < -0.39 is 10.0 Å². The van der Waals surface area contributed by atoms with Crippen LogP contribution in [0.2, 0.25) is 5.02 Å². The molecule has 2 N–H and O–H groups in total. The van der Waals surface area contributed by atoms with Gasteiger partial charge >= 0.3 is 0 Å². The Balaban J connectivity index is 1.75. The third-order valence-electron chi connectivity index (χ3n) is 4.14. The Morgan fingerprint density at radius 1 is 0.964 bits per heavy atom. The number of aryl methyl sites for hydroxylation is 1. The molecular weight excluding hydrogens is 396 g/mol. The molecule has 0 heterocycles. The first kappa shape index (κ1) is 19.9. The first-order chi connectivity index (χ1) is 13.4. The molecule has 3 aromatic carbocycles. The van der Waals surface area contributed by atoms with E-state index >= 15 is 0 Å². The highest BCUT2D eigenvalue weighted by Gasteiger charge is 2.16. The maximum atomic E-state index is 12.5. The zero-order valence-electron chi connectivity index (χ0n) is 15.1. The van der Waals surface area contributed by atoms with E-state index in [0.717, 1.165) is 12.0 Å². The Hall–Kier alpha value is -2.83. The Morgan fingerprint density at radius 3 is 2.36 bits per heavy atom. The minimum absolute atomic E-state index is 0.0388. The second kappa shape index (κ2) is 8.46. The first-order valence-corrected chi connectivity index (χ1v) is 10.5. The van der Waals surface area contributed by atoms with Crippen LogP contribution in [-0.4, -0.2) is 14.3 Å². The zero-order valence-corrected chi connectivity index (χ0v) is 16.7. The van der Waals surface area contributed by atoms with Gasteiger partial charge in [0.1, 0.15) is 0 Å². The lowest BCUT2D eigenvalue weighted by atomic mass is 10.1. The van der Waals surface area contributed by atoms with Crippen molar-refractivity contribution in [2.75, 3.05) is 10.0 Å². The number of carbonyl (C=O) groups excluding carboxylic acids is 1. The number of anilines is 2. The molecule has 1 amide bonds. The number of carbonyl (C=O) groups is 1. The van der Waals surface area contributed by atoms with Crippen LogP contribution in [0.1, 0.15) is 22.8 Å². The van der Waals surface area contributed by atoms with Crippen LogP contribution in [0.15, 0.2) is 77.7 Å². The number of hydrogen-bond donors (Lipinski definition) is 2. The van der Waals surface area contributed by atoms with Gasteiger partial charge in [0, 0.05) is 11.3 Å². The highest BCUT2D eigenvalue weighted by atomic mass is 35.5. The van der Waals surface area contributed by atoms with Crippen LogP contribution in [0.3, 0.4) is 0 Å². The molecule has 0 radical (unpaired) electrons. The molecule has 0 aliphatic carbocycles. The molecule has 0 aromatic heterocycles. The smallest absolute Gasteiger partial charge is 0.261 e. The third kappa shape index (κ3) is 4.71. The van der Waals surface area contributed by atoms with Crippen LogP contribution < -0.4 is 10.0 Å². The van der Waals surface area contributed by atoms with Gasteiger partial charge in [-0.3, -0.25) is 9.52 Å². The molecular formula is C21H19ClN2O3S. The van der Waals surface area contributed by atoms with Crippen LogP contribution in [0.5, 0.6) is 0 Å². The summed E-state index contributed by atoms with van der Waals surface area (Å²) in [5.74, 6) is -0.309. The van der Waals surface area contributed by atoms with Gasteiger partial charge < -0.3 is 5.32 Å². The lowest BCUT2D eigenvalue weighted by molar-refractivity contribution is 0.102. The minimum atomic E-state index is -3.81. The van der Waals surface area contributed by atoms with Crippen molar-refractivity contribution in [2.45, 2.75) is 18.2 Å². The van der Waals surface area contributed by atoms with Gasteiger partial charge in [0.25, 0.3) is 15.9 Å². The molecule has 0 unspecified atom stereocenters. The quantitative estimate of drug-likeness (QED) is 0.598. The van der Waals surface area contributed by atoms with Crippen LogP contribution in [-0.2, 0) is 16.4 Å². The largest absolute Gasteiger partial charge is 0.322 e. The number of hydrogen-bond acceptors (Lipinski definition) is 3. The molecule has 7 heteroatoms. The lowest BCUT2D eigenvalue weighted by Gasteiger charge is -2.10. The van der Waals surface area contributed by atoms with Crippen LogP contribution in [0.4, 0.5) is 11.4 Å². The van der Waals surface area contributed by atoms with Crippen molar-refractivity contribution < 1.29 is 13.2 Å². The van der Waals surface area contributed by atoms with Gasteiger partial charge in [0.15, 0.2) is 0 Å². The van der Waals surface area contributed by atoms with Gasteiger partial charge in [-0.05, 0) is 60.5 Å². The molecule has 144 valence electrons. The molecule has 5 nitrogen and oxygen atoms in total. The maximum Gasteiger partial charge on any atom is 0.261 e. The standard InChI is InChI=1S/C21H19ClN2O3S/c1-2-15-6-5-7-17(14-15)23-21(25)16-10-12-18(13-11-16)28(26,27)24-20-9-4-3-8-19(20)22/h3-14,24H,2H2,1H3,(H,23,25). The summed E-state index contributed by atoms with van der Waals surface area (Å²) >= 11 is 6.00. The maximum absolute atomic E-state index is 12.5. The van der Waals surface area contributed by atoms with E-state index in [1.165, 1.54) is 24.3 Å². The summed E-state index contributed by atoms with van der Waals surface area (Å²) in [7, 11) is -3.81. The topological polar surface area (TPSA) is 75.3 Å². The Labute approximate surface area is 169 Å². The number of amides is 1. The number of benzene rings is 3. The molecule has 0 atom stereocenters. The predicted octanol–water partition coefficient (Wildman–Crippen LogP) is 4.96. The zero-order chi connectivity index (χ0) is 20.1. The van der Waals surface area contributed by atoms with E-state index in [1.54, 1.807) is 24.3 Å². The fraction of sp³-hybridized carbons (Fsp3) is 0.0952. The number of halogens is 1. The van der Waals surface area contributed by atoms with E-state index in [2.05, 4.69) is 10.0 Å². The summed E-state index contributed by atoms with van der Waals surface area (Å²) in [6, 6.07) is 19.9. The second-order valence-corrected chi connectivity index (χ2v) is 8.21. The van der Waals surface area contributed by atoms with Crippen molar-refractivity contribution in [3.8, 4) is 0 Å². The van der Waals surface area contributed by atoms with Crippen molar-refractivity contribution in [1.29, 1.82) is 0 Å². The molecule has 0 fully saturated rings. The van der Waals surface area contributed by atoms with E-state index in [-0.39, 0.29) is 10.8 Å². The van der Waals surface area contributed by atoms with E-state index in [9.17, 15) is 13.2 Å². The van der Waals surface area contributed by atoms with Gasteiger partial charge in [-0.2, -0.15) is 0 Å². The van der Waals surface area contributed by atoms with Crippen molar-refractivity contribution in [2.24, 2.45) is 0 Å². The third-order valence-corrected chi connectivity index (χ3v) is 5.85. The number of para-hydroxylation sites is 1. The summed E-state index contributed by atoms with van der Waals surface area (Å²) < 4.78 is 27.5. The van der Waals surface area contributed by atoms with Gasteiger partial charge in [-0.15, -0.1) is 0 Å². The molecule has 3 rings (SSSR count). The summed E-state index contributed by atoms with van der Waals surface area (Å²) in [6.07, 6.45) is 0.870. The number of nitrogens with one attached hydrogen (secondary N) is 2. The van der Waals surface area contributed by atoms with Gasteiger partial charge in [-0.25, -0.2) is 8.42 Å². The minimum Gasteiger partial charge on any atom is -0.322 e. The second-order valence-electron chi connectivity index (χ2n) is 6.12. The van der Waals surface area contributed by atoms with Crippen LogP contribution >= 0.6 is 11.6 Å². The Morgan fingerprint density at radius 2 is 1.68 bits per heavy atom. The molecule has 0 spiro atoms. The van der Waals surface area contributed by atoms with Crippen LogP contribution in [0.25, 0.3) is 0 Å². The van der Waals surface area contributed by atoms with Crippen molar-refractivity contribution in [3.05, 3.63) is 88.9 Å². The highest BCUT2D eigenvalue weighted by molar-refractivity contribution is 7.92. The fourth-order valence-electron chi connectivity index (χ4n) is 2.61. The molecule has 0 saturated carbocycles. The monoisotopic (exact) mass is 414 g/mol. The summed E-state index contributed by atoms with van der Waals surface area (Å²) in [5, 5.41) is 3.12. The molecule has 0 aliphatic rings. The predicted molar refractivity (Wildman–Crippen MR) is 112 cm³/mol. The summed E-state index contributed by atoms with van der Waals surface area (Å²) in [4.78, 5) is 12.5. The van der Waals surface area contributed by atoms with E-state index in [0.29, 0.717) is 22.0 Å². The SMILES string of the molecule is CCc1cccc(NC(=O)c2ccc(S(=O)(=O)Nc3ccccc3Cl)cc2)c1. The Kier molecular flexibility index (Phi) is 6.02. The fourth-order valence-corrected chi connectivity index (χ4v) is 3.92. The normalized spacial score (nSPS) is 11.1. The first-order valence-electron chi connectivity index (χ1n) is 8.67. The Bertz CT molecular complexity index is 1100. The molecule has 0 saturated heterocycles. The van der Waals surface area contributed by atoms with Crippen molar-refractivity contribution in [3.63, 3.8) is 0 Å². The van der Waals surface area contributed by atoms with E-state index in [4.69, 9.17) is 11.6 Å². The average molecular weight is 415 g/mol. The summed E-state index contributed by atoms with van der Waals surface area (Å²) in [5.41, 5.74) is 2.46. The molecule has 28 heavy (non-hydrogen) atoms. The van der Waals surface area contributed by atoms with E-state index in [1.807, 2.05) is 31.2 Å². The van der Waals surface area contributed by atoms with Crippen molar-refractivity contribution in [1.82, 2.24) is 0 Å². The average Bonchev–Trinajstić information content (AvgIpc) is 2.70. The molecule has 3 aromatic rings. The highest BCUT2D eigenvalue weighted by Crippen LogP contribution is 2.24. The number of sulfonamides is 1. The van der Waals surface area contributed by atoms with Gasteiger partial charge in [0.2, 0.25) is 0 Å². The number of rotatable bonds is 6. The van der Waals surface area contributed by atoms with Gasteiger partial charge in [-0.1, -0.05) is 42.8 Å². The molecule has 0 bridgehead atoms. The lowest BCUT2D eigenvalue weighted by Crippen LogP contribution is -2.15. The van der Waals surface area contributed by atoms with Gasteiger partial charge in [0.05, 0.1) is 15.6 Å². The van der Waals surface area contributed by atoms with Crippen LogP contribution in [0, 0.1) is 0 Å². The summed E-state index contributed by atoms with van der Waals surface area (Å²) in [6.45, 7) is 2.04. The van der Waals surface area contributed by atoms with Crippen molar-refractivity contribution >= 4 is 38.9 Å².